The highest BCUT2D eigenvalue weighted by Crippen LogP contribution is 2.21. The van der Waals surface area contributed by atoms with Crippen LogP contribution in [0.2, 0.25) is 0 Å². The Morgan fingerprint density at radius 2 is 2.18 bits per heavy atom. The van der Waals surface area contributed by atoms with Gasteiger partial charge in [-0.2, -0.15) is 0 Å². The molecule has 1 N–H and O–H groups in total. The first-order chi connectivity index (χ1) is 7.66. The Balaban J connectivity index is 0.00000144. The molecule has 0 spiro atoms. The van der Waals surface area contributed by atoms with Crippen LogP contribution in [0, 0.1) is 0 Å². The molecular formula is C11H14Br2IN3. The smallest absolute Gasteiger partial charge is 0.194 e. The molecule has 0 atom stereocenters. The van der Waals surface area contributed by atoms with Gasteiger partial charge in [-0.25, -0.2) is 0 Å². The quantitative estimate of drug-likeness (QED) is 0.667. The van der Waals surface area contributed by atoms with Crippen molar-refractivity contribution in [3.8, 4) is 0 Å². The molecule has 0 aliphatic carbocycles. The second kappa shape index (κ2) is 6.94. The van der Waals surface area contributed by atoms with E-state index >= 15 is 0 Å². The first-order valence-electron chi connectivity index (χ1n) is 5.10. The molecule has 17 heavy (non-hydrogen) atoms. The molecule has 3 nitrogen and oxygen atoms in total. The second-order valence-corrected chi connectivity index (χ2v) is 5.49. The van der Waals surface area contributed by atoms with Crippen LogP contribution in [0.3, 0.4) is 0 Å². The third-order valence-corrected chi connectivity index (χ3v) is 3.77. The van der Waals surface area contributed by atoms with Crippen molar-refractivity contribution in [3.63, 3.8) is 0 Å². The zero-order valence-corrected chi connectivity index (χ0v) is 14.9. The van der Waals surface area contributed by atoms with Crippen LogP contribution >= 0.6 is 55.8 Å². The van der Waals surface area contributed by atoms with Gasteiger partial charge in [0, 0.05) is 29.1 Å². The zero-order valence-electron chi connectivity index (χ0n) is 9.41. The summed E-state index contributed by atoms with van der Waals surface area (Å²) in [5.74, 6) is 0.979. The van der Waals surface area contributed by atoms with Gasteiger partial charge in [0.05, 0.1) is 6.54 Å². The van der Waals surface area contributed by atoms with Crippen LogP contribution < -0.4 is 5.32 Å². The maximum atomic E-state index is 4.39. The van der Waals surface area contributed by atoms with Crippen LogP contribution in [0.4, 0.5) is 0 Å². The monoisotopic (exact) mass is 473 g/mol. The third kappa shape index (κ3) is 4.10. The van der Waals surface area contributed by atoms with E-state index in [1.54, 1.807) is 0 Å². The van der Waals surface area contributed by atoms with E-state index < -0.39 is 0 Å². The third-order valence-electron chi connectivity index (χ3n) is 2.50. The van der Waals surface area contributed by atoms with E-state index in [1.807, 2.05) is 12.1 Å². The van der Waals surface area contributed by atoms with Crippen molar-refractivity contribution < 1.29 is 0 Å². The number of hydrogen-bond donors (Lipinski definition) is 1. The summed E-state index contributed by atoms with van der Waals surface area (Å²) < 4.78 is 2.21. The molecule has 1 heterocycles. The number of aliphatic imine (C=N–C) groups is 1. The highest BCUT2D eigenvalue weighted by atomic mass is 127. The van der Waals surface area contributed by atoms with E-state index in [4.69, 9.17) is 0 Å². The number of rotatable bonds is 2. The van der Waals surface area contributed by atoms with Crippen molar-refractivity contribution in [2.75, 3.05) is 20.1 Å². The summed E-state index contributed by atoms with van der Waals surface area (Å²) in [6.07, 6.45) is 0. The first kappa shape index (κ1) is 15.2. The molecule has 1 aliphatic rings. The molecule has 0 bridgehead atoms. The normalized spacial score (nSPS) is 14.3. The van der Waals surface area contributed by atoms with E-state index in [1.165, 1.54) is 5.56 Å². The van der Waals surface area contributed by atoms with Crippen LogP contribution in [0.15, 0.2) is 32.1 Å². The molecule has 1 aliphatic heterocycles. The number of benzene rings is 1. The Kier molecular flexibility index (Phi) is 6.22. The fraction of sp³-hybridized carbons (Fsp3) is 0.364. The highest BCUT2D eigenvalue weighted by molar-refractivity contribution is 14.0. The number of nitrogens with one attached hydrogen (secondary N) is 1. The Bertz CT molecular complexity index is 423. The van der Waals surface area contributed by atoms with E-state index in [0.29, 0.717) is 0 Å². The van der Waals surface area contributed by atoms with Crippen LogP contribution in [0.1, 0.15) is 5.56 Å². The number of hydrogen-bond acceptors (Lipinski definition) is 3. The van der Waals surface area contributed by atoms with Gasteiger partial charge >= 0.3 is 0 Å². The van der Waals surface area contributed by atoms with Gasteiger partial charge in [-0.15, -0.1) is 24.0 Å². The maximum Gasteiger partial charge on any atom is 0.194 e. The lowest BCUT2D eigenvalue weighted by atomic mass is 10.2. The highest BCUT2D eigenvalue weighted by Gasteiger charge is 2.11. The molecule has 0 aromatic heterocycles. The summed E-state index contributed by atoms with van der Waals surface area (Å²) in [7, 11) is 2.05. The van der Waals surface area contributed by atoms with E-state index in [-0.39, 0.29) is 24.0 Å². The molecule has 0 unspecified atom stereocenters. The minimum Gasteiger partial charge on any atom is -0.352 e. The molecule has 6 heteroatoms. The fourth-order valence-electron chi connectivity index (χ4n) is 1.58. The molecule has 0 fully saturated rings. The molecule has 1 aromatic rings. The predicted octanol–water partition coefficient (Wildman–Crippen LogP) is 3.22. The fourth-order valence-corrected chi connectivity index (χ4v) is 2.37. The van der Waals surface area contributed by atoms with Gasteiger partial charge in [0.15, 0.2) is 5.96 Å². The molecule has 94 valence electrons. The first-order valence-corrected chi connectivity index (χ1v) is 6.69. The van der Waals surface area contributed by atoms with Crippen LogP contribution in [-0.2, 0) is 6.54 Å². The van der Waals surface area contributed by atoms with Crippen molar-refractivity contribution in [2.24, 2.45) is 4.99 Å². The van der Waals surface area contributed by atoms with Gasteiger partial charge in [-0.1, -0.05) is 31.9 Å². The van der Waals surface area contributed by atoms with E-state index in [2.05, 4.69) is 60.2 Å². The van der Waals surface area contributed by atoms with Crippen molar-refractivity contribution in [1.29, 1.82) is 0 Å². The Labute approximate surface area is 135 Å². The molecule has 2 rings (SSSR count). The number of guanidine groups is 1. The molecule has 0 amide bonds. The van der Waals surface area contributed by atoms with Crippen LogP contribution in [0.25, 0.3) is 0 Å². The van der Waals surface area contributed by atoms with Gasteiger partial charge in [0.25, 0.3) is 0 Å². The van der Waals surface area contributed by atoms with Crippen molar-refractivity contribution in [2.45, 2.75) is 6.54 Å². The summed E-state index contributed by atoms with van der Waals surface area (Å²) in [5.41, 5.74) is 1.22. The Hall–Kier alpha value is 0.180. The lowest BCUT2D eigenvalue weighted by Gasteiger charge is -2.15. The SMILES string of the molecule is CN1CCN=C1NCc1cc(Br)ccc1Br.I. The van der Waals surface area contributed by atoms with Crippen molar-refractivity contribution in [3.05, 3.63) is 32.7 Å². The predicted molar refractivity (Wildman–Crippen MR) is 89.0 cm³/mol. The second-order valence-electron chi connectivity index (χ2n) is 3.72. The van der Waals surface area contributed by atoms with E-state index in [0.717, 1.165) is 34.5 Å². The summed E-state index contributed by atoms with van der Waals surface area (Å²) in [6.45, 7) is 2.67. The van der Waals surface area contributed by atoms with Crippen molar-refractivity contribution >= 4 is 61.8 Å². The van der Waals surface area contributed by atoms with Crippen LogP contribution in [0.5, 0.6) is 0 Å². The Morgan fingerprint density at radius 1 is 1.41 bits per heavy atom. The zero-order chi connectivity index (χ0) is 11.5. The van der Waals surface area contributed by atoms with Gasteiger partial charge in [0.1, 0.15) is 0 Å². The van der Waals surface area contributed by atoms with Gasteiger partial charge in [-0.3, -0.25) is 4.99 Å². The average molecular weight is 475 g/mol. The molecule has 0 saturated heterocycles. The number of likely N-dealkylation sites (N-methyl/N-ethyl adjacent to an activating group) is 1. The summed E-state index contributed by atoms with van der Waals surface area (Å²) in [6, 6.07) is 6.17. The minimum atomic E-state index is 0. The molecule has 0 saturated carbocycles. The minimum absolute atomic E-state index is 0. The molecule has 1 aromatic carbocycles. The van der Waals surface area contributed by atoms with Gasteiger partial charge in [-0.05, 0) is 23.8 Å². The molecule has 0 radical (unpaired) electrons. The molecular weight excluding hydrogens is 461 g/mol. The van der Waals surface area contributed by atoms with Gasteiger partial charge < -0.3 is 10.2 Å². The summed E-state index contributed by atoms with van der Waals surface area (Å²) in [4.78, 5) is 6.52. The van der Waals surface area contributed by atoms with E-state index in [9.17, 15) is 0 Å². The Morgan fingerprint density at radius 3 is 2.82 bits per heavy atom. The topological polar surface area (TPSA) is 27.6 Å². The number of nitrogens with zero attached hydrogens (tertiary/aromatic N) is 2. The lowest BCUT2D eigenvalue weighted by Crippen LogP contribution is -2.35. The summed E-state index contributed by atoms with van der Waals surface area (Å²) >= 11 is 7.01. The largest absolute Gasteiger partial charge is 0.352 e. The lowest BCUT2D eigenvalue weighted by molar-refractivity contribution is 0.534. The van der Waals surface area contributed by atoms with Crippen LogP contribution in [-0.4, -0.2) is 31.0 Å². The standard InChI is InChI=1S/C11H13Br2N3.HI/c1-16-5-4-14-11(16)15-7-8-6-9(12)2-3-10(8)13;/h2-3,6H,4-5,7H2,1H3,(H,14,15);1H. The van der Waals surface area contributed by atoms with Gasteiger partial charge in [0.2, 0.25) is 0 Å². The summed E-state index contributed by atoms with van der Waals surface area (Å²) in [5, 5.41) is 3.34. The number of halogens is 3. The maximum absolute atomic E-state index is 4.39. The average Bonchev–Trinajstić information content (AvgIpc) is 2.66. The van der Waals surface area contributed by atoms with Crippen molar-refractivity contribution in [1.82, 2.24) is 10.2 Å².